The van der Waals surface area contributed by atoms with Crippen molar-refractivity contribution in [2.24, 2.45) is 5.73 Å². The van der Waals surface area contributed by atoms with Crippen molar-refractivity contribution in [3.8, 4) is 0 Å². The number of benzene rings is 2. The number of rotatable bonds is 5. The molecule has 2 aromatic carbocycles. The number of nitrogens with two attached hydrogens (primary N) is 1. The molecule has 4 N–H and O–H groups in total. The Balaban J connectivity index is 1.98. The van der Waals surface area contributed by atoms with Gasteiger partial charge in [-0.3, -0.25) is 9.59 Å². The molecule has 0 aromatic heterocycles. The average molecular weight is 361 g/mol. The van der Waals surface area contributed by atoms with Gasteiger partial charge in [0.05, 0.1) is 6.54 Å². The van der Waals surface area contributed by atoms with E-state index in [0.29, 0.717) is 22.0 Å². The number of anilines is 2. The second-order valence-corrected chi connectivity index (χ2v) is 5.72. The second kappa shape index (κ2) is 8.16. The van der Waals surface area contributed by atoms with Crippen LogP contribution in [0.4, 0.5) is 16.2 Å². The Morgan fingerprint density at radius 3 is 2.36 bits per heavy atom. The van der Waals surface area contributed by atoms with Gasteiger partial charge in [-0.15, -0.1) is 0 Å². The fraction of sp³-hybridized carbons (Fsp3) is 0.118. The molecular weight excluding hydrogens is 344 g/mol. The van der Waals surface area contributed by atoms with Crippen molar-refractivity contribution < 1.29 is 14.4 Å². The summed E-state index contributed by atoms with van der Waals surface area (Å²) in [7, 11) is 1.51. The van der Waals surface area contributed by atoms with Gasteiger partial charge in [0, 0.05) is 29.0 Å². The summed E-state index contributed by atoms with van der Waals surface area (Å²) in [5.74, 6) is -0.705. The maximum absolute atomic E-state index is 12.4. The van der Waals surface area contributed by atoms with E-state index in [-0.39, 0.29) is 18.4 Å². The molecular formula is C17H17ClN4O3. The first kappa shape index (κ1) is 18.3. The number of carbonyl (C=O) groups excluding carboxylic acids is 3. The molecule has 0 radical (unpaired) electrons. The van der Waals surface area contributed by atoms with Gasteiger partial charge in [-0.05, 0) is 42.5 Å². The first-order valence-electron chi connectivity index (χ1n) is 7.32. The minimum absolute atomic E-state index is 0.130. The summed E-state index contributed by atoms with van der Waals surface area (Å²) in [6, 6.07) is 12.2. The number of amides is 4. The second-order valence-electron chi connectivity index (χ2n) is 5.29. The summed E-state index contributed by atoms with van der Waals surface area (Å²) in [4.78, 5) is 36.6. The molecule has 0 aliphatic carbocycles. The van der Waals surface area contributed by atoms with Crippen LogP contribution >= 0.6 is 11.6 Å². The standard InChI is InChI=1S/C17H17ClN4O3/c1-22(10-15(23)20-13-7-5-12(18)6-8-13)16(24)11-3-2-4-14(9-11)21-17(19)25/h2-9H,10H2,1H3,(H,20,23)(H3,19,21,25). The number of primary amides is 1. The molecule has 0 spiro atoms. The Kier molecular flexibility index (Phi) is 5.97. The van der Waals surface area contributed by atoms with Crippen molar-refractivity contribution in [1.29, 1.82) is 0 Å². The van der Waals surface area contributed by atoms with Crippen molar-refractivity contribution >= 4 is 40.8 Å². The third-order valence-corrected chi connectivity index (χ3v) is 3.48. The number of hydrogen-bond donors (Lipinski definition) is 3. The third-order valence-electron chi connectivity index (χ3n) is 3.23. The van der Waals surface area contributed by atoms with Gasteiger partial charge in [0.15, 0.2) is 0 Å². The van der Waals surface area contributed by atoms with Crippen molar-refractivity contribution in [2.75, 3.05) is 24.2 Å². The molecule has 8 heteroatoms. The quantitative estimate of drug-likeness (QED) is 0.763. The van der Waals surface area contributed by atoms with Gasteiger partial charge in [0.2, 0.25) is 5.91 Å². The smallest absolute Gasteiger partial charge is 0.316 e. The Morgan fingerprint density at radius 1 is 1.04 bits per heavy atom. The van der Waals surface area contributed by atoms with Gasteiger partial charge in [0.25, 0.3) is 5.91 Å². The summed E-state index contributed by atoms with van der Waals surface area (Å²) in [5.41, 5.74) is 6.37. The lowest BCUT2D eigenvalue weighted by Crippen LogP contribution is -2.35. The lowest BCUT2D eigenvalue weighted by Gasteiger charge is -2.17. The lowest BCUT2D eigenvalue weighted by molar-refractivity contribution is -0.116. The van der Waals surface area contributed by atoms with E-state index >= 15 is 0 Å². The molecule has 0 fully saturated rings. The number of carbonyl (C=O) groups is 3. The van der Waals surface area contributed by atoms with E-state index in [1.165, 1.54) is 18.0 Å². The first-order chi connectivity index (χ1) is 11.8. The third kappa shape index (κ3) is 5.50. The molecule has 0 atom stereocenters. The number of hydrogen-bond acceptors (Lipinski definition) is 3. The molecule has 0 saturated heterocycles. The Labute approximate surface area is 149 Å². The van der Waals surface area contributed by atoms with Crippen LogP contribution in [0.2, 0.25) is 5.02 Å². The Morgan fingerprint density at radius 2 is 1.72 bits per heavy atom. The van der Waals surface area contributed by atoms with Crippen LogP contribution in [-0.4, -0.2) is 36.3 Å². The molecule has 2 aromatic rings. The van der Waals surface area contributed by atoms with Crippen LogP contribution in [0.25, 0.3) is 0 Å². The summed E-state index contributed by atoms with van der Waals surface area (Å²) in [6.45, 7) is -0.130. The molecule has 7 nitrogen and oxygen atoms in total. The van der Waals surface area contributed by atoms with Gasteiger partial charge >= 0.3 is 6.03 Å². The summed E-state index contributed by atoms with van der Waals surface area (Å²) in [5, 5.41) is 5.64. The summed E-state index contributed by atoms with van der Waals surface area (Å²) < 4.78 is 0. The van der Waals surface area contributed by atoms with Gasteiger partial charge in [0.1, 0.15) is 0 Å². The molecule has 4 amide bonds. The van der Waals surface area contributed by atoms with Crippen LogP contribution in [0.5, 0.6) is 0 Å². The predicted octanol–water partition coefficient (Wildman–Crippen LogP) is 2.54. The zero-order chi connectivity index (χ0) is 18.4. The number of halogens is 1. The molecule has 0 saturated carbocycles. The first-order valence-corrected chi connectivity index (χ1v) is 7.70. The van der Waals surface area contributed by atoms with Crippen LogP contribution in [0.1, 0.15) is 10.4 Å². The molecule has 25 heavy (non-hydrogen) atoms. The van der Waals surface area contributed by atoms with Crippen LogP contribution in [-0.2, 0) is 4.79 Å². The van der Waals surface area contributed by atoms with E-state index < -0.39 is 6.03 Å². The van der Waals surface area contributed by atoms with Crippen molar-refractivity contribution in [2.45, 2.75) is 0 Å². The molecule has 2 rings (SSSR count). The topological polar surface area (TPSA) is 105 Å². The van der Waals surface area contributed by atoms with Crippen molar-refractivity contribution in [3.05, 3.63) is 59.1 Å². The zero-order valence-corrected chi connectivity index (χ0v) is 14.2. The maximum Gasteiger partial charge on any atom is 0.316 e. The van der Waals surface area contributed by atoms with Gasteiger partial charge < -0.3 is 21.3 Å². The van der Waals surface area contributed by atoms with Crippen LogP contribution in [0, 0.1) is 0 Å². The molecule has 0 aliphatic heterocycles. The normalized spacial score (nSPS) is 10.0. The molecule has 0 unspecified atom stereocenters. The minimum Gasteiger partial charge on any atom is -0.351 e. The SMILES string of the molecule is CN(CC(=O)Nc1ccc(Cl)cc1)C(=O)c1cccc(NC(N)=O)c1. The molecule has 0 bridgehead atoms. The van der Waals surface area contributed by atoms with E-state index in [0.717, 1.165) is 0 Å². The van der Waals surface area contributed by atoms with Crippen molar-refractivity contribution in [3.63, 3.8) is 0 Å². The van der Waals surface area contributed by atoms with E-state index in [9.17, 15) is 14.4 Å². The largest absolute Gasteiger partial charge is 0.351 e. The number of likely N-dealkylation sites (N-methyl/N-ethyl adjacent to an activating group) is 1. The zero-order valence-electron chi connectivity index (χ0n) is 13.5. The van der Waals surface area contributed by atoms with E-state index in [1.807, 2.05) is 0 Å². The Hall–Kier alpha value is -3.06. The van der Waals surface area contributed by atoms with Gasteiger partial charge in [-0.25, -0.2) is 4.79 Å². The average Bonchev–Trinajstić information content (AvgIpc) is 2.55. The number of urea groups is 1. The maximum atomic E-state index is 12.4. The molecule has 0 aliphatic rings. The summed E-state index contributed by atoms with van der Waals surface area (Å²) >= 11 is 5.79. The Bertz CT molecular complexity index is 793. The van der Waals surface area contributed by atoms with E-state index in [2.05, 4.69) is 10.6 Å². The fourth-order valence-electron chi connectivity index (χ4n) is 2.11. The molecule has 130 valence electrons. The molecule has 0 heterocycles. The highest BCUT2D eigenvalue weighted by Crippen LogP contribution is 2.14. The van der Waals surface area contributed by atoms with Gasteiger partial charge in [-0.2, -0.15) is 0 Å². The number of nitrogens with one attached hydrogen (secondary N) is 2. The highest BCUT2D eigenvalue weighted by Gasteiger charge is 2.15. The highest BCUT2D eigenvalue weighted by atomic mass is 35.5. The lowest BCUT2D eigenvalue weighted by atomic mass is 10.1. The highest BCUT2D eigenvalue weighted by molar-refractivity contribution is 6.30. The summed E-state index contributed by atoms with van der Waals surface area (Å²) in [6.07, 6.45) is 0. The van der Waals surface area contributed by atoms with Crippen LogP contribution in [0.3, 0.4) is 0 Å². The fourth-order valence-corrected chi connectivity index (χ4v) is 2.24. The van der Waals surface area contributed by atoms with E-state index in [1.54, 1.807) is 42.5 Å². The van der Waals surface area contributed by atoms with Crippen LogP contribution < -0.4 is 16.4 Å². The van der Waals surface area contributed by atoms with E-state index in [4.69, 9.17) is 17.3 Å². The number of nitrogens with zero attached hydrogens (tertiary/aromatic N) is 1. The van der Waals surface area contributed by atoms with Crippen molar-refractivity contribution in [1.82, 2.24) is 4.90 Å². The monoisotopic (exact) mass is 360 g/mol. The minimum atomic E-state index is -0.722. The predicted molar refractivity (Wildman–Crippen MR) is 96.7 cm³/mol. The van der Waals surface area contributed by atoms with Gasteiger partial charge in [-0.1, -0.05) is 17.7 Å². The van der Waals surface area contributed by atoms with Crippen LogP contribution in [0.15, 0.2) is 48.5 Å².